The fourth-order valence-corrected chi connectivity index (χ4v) is 4.53. The fourth-order valence-electron chi connectivity index (χ4n) is 3.80. The molecule has 150 valence electrons. The van der Waals surface area contributed by atoms with Gasteiger partial charge in [-0.25, -0.2) is 0 Å². The number of piperazine rings is 1. The van der Waals surface area contributed by atoms with Crippen LogP contribution in [0.15, 0.2) is 29.2 Å². The molecule has 7 heteroatoms. The first-order chi connectivity index (χ1) is 13.7. The van der Waals surface area contributed by atoms with Crippen LogP contribution < -0.4 is 5.32 Å². The van der Waals surface area contributed by atoms with Crippen LogP contribution >= 0.6 is 11.8 Å². The highest BCUT2D eigenvalue weighted by atomic mass is 32.2. The molecule has 1 aliphatic heterocycles. The van der Waals surface area contributed by atoms with Gasteiger partial charge in [0.1, 0.15) is 0 Å². The van der Waals surface area contributed by atoms with E-state index in [1.165, 1.54) is 24.6 Å². The van der Waals surface area contributed by atoms with Crippen molar-refractivity contribution in [2.75, 3.05) is 45.0 Å². The molecule has 0 bridgehead atoms. The summed E-state index contributed by atoms with van der Waals surface area (Å²) in [5.74, 6) is 1.00. The van der Waals surface area contributed by atoms with Gasteiger partial charge in [-0.05, 0) is 37.1 Å². The number of nitriles is 1. The second-order valence-electron chi connectivity index (χ2n) is 7.42. The summed E-state index contributed by atoms with van der Waals surface area (Å²) in [6.07, 6.45) is 4.51. The molecule has 2 fully saturated rings. The monoisotopic (exact) mass is 400 g/mol. The molecule has 1 N–H and O–H groups in total. The summed E-state index contributed by atoms with van der Waals surface area (Å²) in [7, 11) is 0. The molecule has 1 saturated heterocycles. The molecule has 0 spiro atoms. The Kier molecular flexibility index (Phi) is 7.75. The topological polar surface area (TPSA) is 76.4 Å². The van der Waals surface area contributed by atoms with Gasteiger partial charge in [0.05, 0.1) is 17.4 Å². The Hall–Kier alpha value is -2.04. The molecule has 1 aromatic rings. The molecule has 0 aromatic heterocycles. The lowest BCUT2D eigenvalue weighted by Crippen LogP contribution is -2.51. The smallest absolute Gasteiger partial charge is 0.230 e. The van der Waals surface area contributed by atoms with E-state index < -0.39 is 0 Å². The van der Waals surface area contributed by atoms with Crippen LogP contribution in [-0.2, 0) is 9.59 Å². The molecule has 6 nitrogen and oxygen atoms in total. The summed E-state index contributed by atoms with van der Waals surface area (Å²) in [6.45, 7) is 4.82. The van der Waals surface area contributed by atoms with Gasteiger partial charge in [0.2, 0.25) is 11.8 Å². The minimum atomic E-state index is 0.0180. The molecule has 3 rings (SSSR count). The molecule has 2 amide bonds. The highest BCUT2D eigenvalue weighted by molar-refractivity contribution is 8.00. The van der Waals surface area contributed by atoms with Gasteiger partial charge in [-0.2, -0.15) is 5.26 Å². The maximum Gasteiger partial charge on any atom is 0.230 e. The minimum absolute atomic E-state index is 0.0180. The van der Waals surface area contributed by atoms with E-state index in [4.69, 9.17) is 5.26 Å². The van der Waals surface area contributed by atoms with Crippen LogP contribution in [-0.4, -0.2) is 66.6 Å². The van der Waals surface area contributed by atoms with Crippen molar-refractivity contribution in [2.24, 2.45) is 5.92 Å². The third-order valence-electron chi connectivity index (χ3n) is 5.49. The summed E-state index contributed by atoms with van der Waals surface area (Å²) in [5, 5.41) is 11.8. The Bertz CT molecular complexity index is 702. The number of nitrogens with zero attached hydrogens (tertiary/aromatic N) is 3. The highest BCUT2D eigenvalue weighted by Crippen LogP contribution is 2.26. The van der Waals surface area contributed by atoms with Gasteiger partial charge in [0.25, 0.3) is 0 Å². The van der Waals surface area contributed by atoms with Crippen LogP contribution in [0.3, 0.4) is 0 Å². The maximum atomic E-state index is 12.5. The lowest BCUT2D eigenvalue weighted by molar-refractivity contribution is -0.137. The maximum absolute atomic E-state index is 12.5. The van der Waals surface area contributed by atoms with Gasteiger partial charge < -0.3 is 10.2 Å². The molecular formula is C21H28N4O2S. The number of benzene rings is 1. The van der Waals surface area contributed by atoms with Crippen molar-refractivity contribution in [1.82, 2.24) is 15.1 Å². The normalized spacial score (nSPS) is 18.0. The Morgan fingerprint density at radius 1 is 1.11 bits per heavy atom. The number of hydrogen-bond donors (Lipinski definition) is 1. The van der Waals surface area contributed by atoms with Gasteiger partial charge in [-0.3, -0.25) is 14.5 Å². The third-order valence-corrected chi connectivity index (χ3v) is 6.50. The fraction of sp³-hybridized carbons (Fsp3) is 0.571. The van der Waals surface area contributed by atoms with Crippen LogP contribution in [0, 0.1) is 17.2 Å². The molecule has 1 aliphatic carbocycles. The zero-order valence-electron chi connectivity index (χ0n) is 16.2. The lowest BCUT2D eigenvalue weighted by atomic mass is 10.1. The zero-order chi connectivity index (χ0) is 19.8. The van der Waals surface area contributed by atoms with Gasteiger partial charge in [-0.1, -0.05) is 12.8 Å². The number of rotatable bonds is 7. The molecule has 28 heavy (non-hydrogen) atoms. The SMILES string of the molecule is N#Cc1ccc(SCC(=O)NCCN2CCN(C(=O)C3CCCC3)CC2)cc1. The predicted octanol–water partition coefficient (Wildman–Crippen LogP) is 2.10. The van der Waals surface area contributed by atoms with E-state index in [2.05, 4.69) is 16.3 Å². The Morgan fingerprint density at radius 3 is 2.43 bits per heavy atom. The summed E-state index contributed by atoms with van der Waals surface area (Å²) < 4.78 is 0. The van der Waals surface area contributed by atoms with E-state index in [9.17, 15) is 9.59 Å². The number of carbonyl (C=O) groups excluding carboxylic acids is 2. The molecule has 0 atom stereocenters. The minimum Gasteiger partial charge on any atom is -0.354 e. The van der Waals surface area contributed by atoms with E-state index in [1.54, 1.807) is 12.1 Å². The Balaban J connectivity index is 1.28. The van der Waals surface area contributed by atoms with E-state index in [-0.39, 0.29) is 11.8 Å². The average molecular weight is 401 g/mol. The third kappa shape index (κ3) is 5.98. The van der Waals surface area contributed by atoms with Crippen molar-refractivity contribution in [3.63, 3.8) is 0 Å². The predicted molar refractivity (Wildman–Crippen MR) is 110 cm³/mol. The molecule has 1 aromatic carbocycles. The van der Waals surface area contributed by atoms with Crippen LogP contribution in [0.4, 0.5) is 0 Å². The molecular weight excluding hydrogens is 372 g/mol. The summed E-state index contributed by atoms with van der Waals surface area (Å²) in [5.41, 5.74) is 0.624. The van der Waals surface area contributed by atoms with Crippen LogP contribution in [0.1, 0.15) is 31.2 Å². The largest absolute Gasteiger partial charge is 0.354 e. The first kappa shape index (κ1) is 20.7. The molecule has 1 heterocycles. The van der Waals surface area contributed by atoms with Gasteiger partial charge in [0.15, 0.2) is 0 Å². The van der Waals surface area contributed by atoms with Crippen LogP contribution in [0.5, 0.6) is 0 Å². The first-order valence-corrected chi connectivity index (χ1v) is 11.0. The van der Waals surface area contributed by atoms with Gasteiger partial charge >= 0.3 is 0 Å². The van der Waals surface area contributed by atoms with Gasteiger partial charge in [0, 0.05) is 50.1 Å². The summed E-state index contributed by atoms with van der Waals surface area (Å²) >= 11 is 1.47. The van der Waals surface area contributed by atoms with Crippen LogP contribution in [0.2, 0.25) is 0 Å². The Morgan fingerprint density at radius 2 is 1.79 bits per heavy atom. The number of carbonyl (C=O) groups is 2. The number of nitrogens with one attached hydrogen (secondary N) is 1. The standard InChI is InChI=1S/C21H28N4O2S/c22-15-17-5-7-19(8-6-17)28-16-20(26)23-9-10-24-11-13-25(14-12-24)21(27)18-3-1-2-4-18/h5-8,18H,1-4,9-14,16H2,(H,23,26). The molecule has 1 saturated carbocycles. The summed E-state index contributed by atoms with van der Waals surface area (Å²) in [4.78, 5) is 29.8. The van der Waals surface area contributed by atoms with E-state index in [1.807, 2.05) is 17.0 Å². The van der Waals surface area contributed by atoms with Crippen molar-refractivity contribution in [2.45, 2.75) is 30.6 Å². The second kappa shape index (κ2) is 10.5. The highest BCUT2D eigenvalue weighted by Gasteiger charge is 2.29. The molecule has 2 aliphatic rings. The van der Waals surface area contributed by atoms with Crippen molar-refractivity contribution in [1.29, 1.82) is 5.26 Å². The van der Waals surface area contributed by atoms with Crippen molar-refractivity contribution in [3.05, 3.63) is 29.8 Å². The number of amides is 2. The van der Waals surface area contributed by atoms with Crippen molar-refractivity contribution in [3.8, 4) is 6.07 Å². The summed E-state index contributed by atoms with van der Waals surface area (Å²) in [6, 6.07) is 9.34. The number of hydrogen-bond acceptors (Lipinski definition) is 5. The van der Waals surface area contributed by atoms with Crippen LogP contribution in [0.25, 0.3) is 0 Å². The quantitative estimate of drug-likeness (QED) is 0.710. The van der Waals surface area contributed by atoms with E-state index in [0.29, 0.717) is 23.8 Å². The average Bonchev–Trinajstić information content (AvgIpc) is 3.27. The van der Waals surface area contributed by atoms with E-state index in [0.717, 1.165) is 50.5 Å². The number of thioether (sulfide) groups is 1. The zero-order valence-corrected chi connectivity index (χ0v) is 17.0. The van der Waals surface area contributed by atoms with E-state index >= 15 is 0 Å². The van der Waals surface area contributed by atoms with Gasteiger partial charge in [-0.15, -0.1) is 11.8 Å². The van der Waals surface area contributed by atoms with Crippen molar-refractivity contribution >= 4 is 23.6 Å². The second-order valence-corrected chi connectivity index (χ2v) is 8.47. The molecule has 0 radical (unpaired) electrons. The first-order valence-electron chi connectivity index (χ1n) is 10.1. The Labute approximate surface area is 171 Å². The molecule has 0 unspecified atom stereocenters. The lowest BCUT2D eigenvalue weighted by Gasteiger charge is -2.36. The van der Waals surface area contributed by atoms with Crippen molar-refractivity contribution < 1.29 is 9.59 Å².